The standard InChI is InChI=1S/C13H10Cl4N4/c14-9-2-1-8(10(15)5-9)3-4-19-20-6-11-13(17)21-12(16)7-18-11/h1-2,5-7,19H,3-4H2. The summed E-state index contributed by atoms with van der Waals surface area (Å²) >= 11 is 23.4. The number of nitrogens with zero attached hydrogens (tertiary/aromatic N) is 3. The summed E-state index contributed by atoms with van der Waals surface area (Å²) in [6.07, 6.45) is 3.60. The molecule has 0 aliphatic heterocycles. The molecular weight excluding hydrogens is 354 g/mol. The van der Waals surface area contributed by atoms with Gasteiger partial charge in [-0.25, -0.2) is 9.97 Å². The molecule has 0 aliphatic rings. The second-order valence-electron chi connectivity index (χ2n) is 4.02. The molecule has 0 saturated heterocycles. The topological polar surface area (TPSA) is 50.2 Å². The van der Waals surface area contributed by atoms with Crippen LogP contribution in [0.15, 0.2) is 29.5 Å². The van der Waals surface area contributed by atoms with Gasteiger partial charge in [-0.3, -0.25) is 0 Å². The van der Waals surface area contributed by atoms with Crippen LogP contribution in [0.5, 0.6) is 0 Å². The summed E-state index contributed by atoms with van der Waals surface area (Å²) in [6, 6.07) is 5.40. The van der Waals surface area contributed by atoms with Gasteiger partial charge in [-0.1, -0.05) is 52.5 Å². The van der Waals surface area contributed by atoms with Crippen LogP contribution in [0, 0.1) is 0 Å². The zero-order valence-corrected chi connectivity index (χ0v) is 13.7. The number of rotatable bonds is 5. The summed E-state index contributed by atoms with van der Waals surface area (Å²) in [7, 11) is 0. The molecule has 1 N–H and O–H groups in total. The molecule has 21 heavy (non-hydrogen) atoms. The van der Waals surface area contributed by atoms with Gasteiger partial charge < -0.3 is 5.43 Å². The molecule has 0 radical (unpaired) electrons. The van der Waals surface area contributed by atoms with Crippen molar-refractivity contribution in [2.75, 3.05) is 6.54 Å². The van der Waals surface area contributed by atoms with Crippen LogP contribution in [-0.4, -0.2) is 22.7 Å². The quantitative estimate of drug-likeness (QED) is 0.490. The van der Waals surface area contributed by atoms with E-state index < -0.39 is 0 Å². The smallest absolute Gasteiger partial charge is 0.158 e. The van der Waals surface area contributed by atoms with Crippen LogP contribution in [0.2, 0.25) is 20.4 Å². The maximum absolute atomic E-state index is 6.07. The van der Waals surface area contributed by atoms with Gasteiger partial charge in [0.2, 0.25) is 0 Å². The van der Waals surface area contributed by atoms with E-state index in [9.17, 15) is 0 Å². The van der Waals surface area contributed by atoms with Crippen LogP contribution < -0.4 is 5.43 Å². The molecular formula is C13H10Cl4N4. The molecule has 0 unspecified atom stereocenters. The van der Waals surface area contributed by atoms with E-state index in [2.05, 4.69) is 20.5 Å². The van der Waals surface area contributed by atoms with E-state index in [0.29, 0.717) is 28.7 Å². The Labute approximate surface area is 142 Å². The summed E-state index contributed by atoms with van der Waals surface area (Å²) in [4.78, 5) is 7.87. The molecule has 1 aromatic carbocycles. The molecule has 0 saturated carbocycles. The zero-order chi connectivity index (χ0) is 15.2. The molecule has 0 fully saturated rings. The van der Waals surface area contributed by atoms with Crippen molar-refractivity contribution >= 4 is 52.6 Å². The van der Waals surface area contributed by atoms with Crippen LogP contribution in [0.3, 0.4) is 0 Å². The highest BCUT2D eigenvalue weighted by molar-refractivity contribution is 6.35. The van der Waals surface area contributed by atoms with Gasteiger partial charge in [0.05, 0.1) is 12.4 Å². The molecule has 2 rings (SSSR count). The van der Waals surface area contributed by atoms with Crippen molar-refractivity contribution in [3.63, 3.8) is 0 Å². The predicted molar refractivity (Wildman–Crippen MR) is 87.8 cm³/mol. The Balaban J connectivity index is 1.85. The predicted octanol–water partition coefficient (Wildman–Crippen LogP) is 4.26. The second-order valence-corrected chi connectivity index (χ2v) is 5.61. The Morgan fingerprint density at radius 1 is 1.19 bits per heavy atom. The fourth-order valence-electron chi connectivity index (χ4n) is 1.53. The Kier molecular flexibility index (Phi) is 6.06. The van der Waals surface area contributed by atoms with E-state index in [1.807, 2.05) is 6.07 Å². The van der Waals surface area contributed by atoms with E-state index in [1.165, 1.54) is 12.4 Å². The lowest BCUT2D eigenvalue weighted by Gasteiger charge is -2.04. The van der Waals surface area contributed by atoms with Crippen molar-refractivity contribution in [1.82, 2.24) is 15.4 Å². The number of hydrazone groups is 1. The number of benzene rings is 1. The fourth-order valence-corrected chi connectivity index (χ4v) is 2.40. The zero-order valence-electron chi connectivity index (χ0n) is 10.7. The van der Waals surface area contributed by atoms with Crippen LogP contribution in [0.25, 0.3) is 0 Å². The van der Waals surface area contributed by atoms with Crippen LogP contribution in [-0.2, 0) is 6.42 Å². The van der Waals surface area contributed by atoms with Gasteiger partial charge in [-0.15, -0.1) is 0 Å². The van der Waals surface area contributed by atoms with Gasteiger partial charge in [-0.05, 0) is 24.1 Å². The fraction of sp³-hybridized carbons (Fsp3) is 0.154. The molecule has 0 amide bonds. The van der Waals surface area contributed by atoms with E-state index in [-0.39, 0.29) is 10.3 Å². The summed E-state index contributed by atoms with van der Waals surface area (Å²) in [5, 5.41) is 5.72. The van der Waals surface area contributed by atoms with Gasteiger partial charge in [0.15, 0.2) is 5.15 Å². The average molecular weight is 364 g/mol. The van der Waals surface area contributed by atoms with E-state index in [4.69, 9.17) is 46.4 Å². The summed E-state index contributed by atoms with van der Waals surface area (Å²) < 4.78 is 0. The van der Waals surface area contributed by atoms with Crippen molar-refractivity contribution in [2.45, 2.75) is 6.42 Å². The Hall–Kier alpha value is -1.07. The Morgan fingerprint density at radius 3 is 2.71 bits per heavy atom. The first-order valence-corrected chi connectivity index (χ1v) is 7.45. The van der Waals surface area contributed by atoms with Gasteiger partial charge in [-0.2, -0.15) is 5.10 Å². The highest BCUT2D eigenvalue weighted by atomic mass is 35.5. The van der Waals surface area contributed by atoms with Gasteiger partial charge in [0.1, 0.15) is 10.8 Å². The normalized spacial score (nSPS) is 11.0. The summed E-state index contributed by atoms with van der Waals surface area (Å²) in [5.41, 5.74) is 4.32. The lowest BCUT2D eigenvalue weighted by atomic mass is 10.1. The molecule has 1 heterocycles. The molecule has 4 nitrogen and oxygen atoms in total. The van der Waals surface area contributed by atoms with Crippen molar-refractivity contribution in [2.24, 2.45) is 5.10 Å². The maximum atomic E-state index is 6.07. The highest BCUT2D eigenvalue weighted by Crippen LogP contribution is 2.21. The van der Waals surface area contributed by atoms with Crippen LogP contribution in [0.1, 0.15) is 11.3 Å². The van der Waals surface area contributed by atoms with E-state index >= 15 is 0 Å². The summed E-state index contributed by atoms with van der Waals surface area (Å²) in [6.45, 7) is 0.608. The molecule has 0 bridgehead atoms. The largest absolute Gasteiger partial charge is 0.310 e. The van der Waals surface area contributed by atoms with Gasteiger partial charge in [0, 0.05) is 16.6 Å². The van der Waals surface area contributed by atoms with Crippen molar-refractivity contribution < 1.29 is 0 Å². The molecule has 0 atom stereocenters. The first kappa shape index (κ1) is 16.3. The Bertz CT molecular complexity index is 661. The third-order valence-corrected chi connectivity index (χ3v) is 3.57. The maximum Gasteiger partial charge on any atom is 0.158 e. The number of hydrogen-bond donors (Lipinski definition) is 1. The SMILES string of the molecule is Clc1ccc(CCNN=Cc2ncc(Cl)nc2Cl)c(Cl)c1. The molecule has 110 valence electrons. The molecule has 2 aromatic rings. The average Bonchev–Trinajstić information content (AvgIpc) is 2.42. The number of aromatic nitrogens is 2. The van der Waals surface area contributed by atoms with E-state index in [1.54, 1.807) is 12.1 Å². The first-order chi connectivity index (χ1) is 10.1. The van der Waals surface area contributed by atoms with Crippen molar-refractivity contribution in [1.29, 1.82) is 0 Å². The minimum absolute atomic E-state index is 0.203. The summed E-state index contributed by atoms with van der Waals surface area (Å²) in [5.74, 6) is 0. The van der Waals surface area contributed by atoms with Gasteiger partial charge >= 0.3 is 0 Å². The third kappa shape index (κ3) is 5.00. The molecule has 8 heteroatoms. The number of nitrogens with one attached hydrogen (secondary N) is 1. The lowest BCUT2D eigenvalue weighted by Crippen LogP contribution is -2.11. The van der Waals surface area contributed by atoms with Gasteiger partial charge in [0.25, 0.3) is 0 Å². The van der Waals surface area contributed by atoms with Crippen LogP contribution in [0.4, 0.5) is 0 Å². The van der Waals surface area contributed by atoms with Crippen molar-refractivity contribution in [3.8, 4) is 0 Å². The monoisotopic (exact) mass is 362 g/mol. The molecule has 0 aliphatic carbocycles. The molecule has 1 aromatic heterocycles. The highest BCUT2D eigenvalue weighted by Gasteiger charge is 2.02. The third-order valence-electron chi connectivity index (χ3n) is 2.53. The van der Waals surface area contributed by atoms with E-state index in [0.717, 1.165) is 5.56 Å². The Morgan fingerprint density at radius 2 is 2.00 bits per heavy atom. The number of halogens is 4. The molecule has 0 spiro atoms. The first-order valence-electron chi connectivity index (χ1n) is 5.94. The minimum atomic E-state index is 0.203. The van der Waals surface area contributed by atoms with Crippen molar-refractivity contribution in [3.05, 3.63) is 56.0 Å². The lowest BCUT2D eigenvalue weighted by molar-refractivity contribution is 0.734. The van der Waals surface area contributed by atoms with Crippen LogP contribution >= 0.6 is 46.4 Å². The number of hydrogen-bond acceptors (Lipinski definition) is 4. The minimum Gasteiger partial charge on any atom is -0.310 e. The second kappa shape index (κ2) is 7.80.